The lowest BCUT2D eigenvalue weighted by atomic mass is 9.83. The molecule has 2 heterocycles. The fourth-order valence-corrected chi connectivity index (χ4v) is 4.08. The van der Waals surface area contributed by atoms with Crippen molar-refractivity contribution in [1.29, 1.82) is 0 Å². The molecule has 0 bridgehead atoms. The zero-order valence-electron chi connectivity index (χ0n) is 13.6. The van der Waals surface area contributed by atoms with Crippen molar-refractivity contribution in [3.63, 3.8) is 0 Å². The van der Waals surface area contributed by atoms with Crippen LogP contribution in [-0.4, -0.2) is 11.7 Å². The zero-order valence-corrected chi connectivity index (χ0v) is 14.5. The molecule has 2 aromatic carbocycles. The quantitative estimate of drug-likeness (QED) is 0.657. The van der Waals surface area contributed by atoms with E-state index in [1.807, 2.05) is 23.6 Å². The van der Waals surface area contributed by atoms with Crippen LogP contribution in [0.3, 0.4) is 0 Å². The van der Waals surface area contributed by atoms with Gasteiger partial charge in [-0.2, -0.15) is 0 Å². The van der Waals surface area contributed by atoms with Crippen molar-refractivity contribution in [1.82, 2.24) is 0 Å². The molecule has 1 aliphatic rings. The van der Waals surface area contributed by atoms with Gasteiger partial charge in [0.15, 0.2) is 11.4 Å². The first-order chi connectivity index (χ1) is 11.8. The van der Waals surface area contributed by atoms with Crippen molar-refractivity contribution in [2.75, 3.05) is 0 Å². The van der Waals surface area contributed by atoms with E-state index >= 15 is 0 Å². The van der Waals surface area contributed by atoms with E-state index in [2.05, 4.69) is 55.5 Å². The Morgan fingerprint density at radius 2 is 1.46 bits per heavy atom. The molecule has 3 heteroatoms. The van der Waals surface area contributed by atoms with E-state index in [0.717, 1.165) is 23.7 Å². The van der Waals surface area contributed by atoms with Gasteiger partial charge in [-0.15, -0.1) is 11.3 Å². The lowest BCUT2D eigenvalue weighted by molar-refractivity contribution is -0.0547. The molecule has 24 heavy (non-hydrogen) atoms. The van der Waals surface area contributed by atoms with Gasteiger partial charge in [0.1, 0.15) is 6.10 Å². The number of rotatable bonds is 4. The van der Waals surface area contributed by atoms with Gasteiger partial charge in [0.25, 0.3) is 0 Å². The second kappa shape index (κ2) is 6.33. The molecule has 0 N–H and O–H groups in total. The Morgan fingerprint density at radius 1 is 0.875 bits per heavy atom. The molecule has 0 amide bonds. The maximum absolute atomic E-state index is 6.57. The van der Waals surface area contributed by atoms with Crippen LogP contribution >= 0.6 is 11.3 Å². The Balaban J connectivity index is 1.72. The van der Waals surface area contributed by atoms with Crippen LogP contribution < -0.4 is 9.47 Å². The summed E-state index contributed by atoms with van der Waals surface area (Å²) in [5.41, 5.74) is 2.13. The molecule has 1 aliphatic heterocycles. The number of hydrogen-bond acceptors (Lipinski definition) is 3. The fraction of sp³-hybridized carbons (Fsp3) is 0.238. The Bertz CT molecular complexity index is 753. The molecule has 122 valence electrons. The number of benzene rings is 2. The predicted octanol–water partition coefficient (Wildman–Crippen LogP) is 5.13. The largest absolute Gasteiger partial charge is 0.482 e. The first-order valence-electron chi connectivity index (χ1n) is 8.26. The van der Waals surface area contributed by atoms with Gasteiger partial charge in [-0.25, -0.2) is 0 Å². The van der Waals surface area contributed by atoms with Gasteiger partial charge >= 0.3 is 0 Å². The van der Waals surface area contributed by atoms with E-state index in [-0.39, 0.29) is 6.10 Å². The van der Waals surface area contributed by atoms with E-state index in [9.17, 15) is 0 Å². The highest BCUT2D eigenvalue weighted by Gasteiger charge is 2.45. The maximum Gasteiger partial charge on any atom is 0.217 e. The molecule has 1 atom stereocenters. The minimum atomic E-state index is -0.402. The van der Waals surface area contributed by atoms with E-state index in [0.29, 0.717) is 0 Å². The van der Waals surface area contributed by atoms with Gasteiger partial charge in [-0.05, 0) is 29.5 Å². The van der Waals surface area contributed by atoms with Crippen molar-refractivity contribution >= 4 is 11.3 Å². The van der Waals surface area contributed by atoms with Crippen LogP contribution in [0.15, 0.2) is 72.1 Å². The summed E-state index contributed by atoms with van der Waals surface area (Å²) in [6.07, 6.45) is 1.61. The Hall–Kier alpha value is -2.26. The standard InChI is InChI=1S/C21H20O2S/c1-16-21(14-17-8-4-2-5-9-17,15-18-10-6-3-7-11-18)23-20-19(22-16)12-13-24-20/h2-13,16H,14-15H2,1H3. The lowest BCUT2D eigenvalue weighted by Crippen LogP contribution is -2.54. The molecule has 0 radical (unpaired) electrons. The average molecular weight is 336 g/mol. The summed E-state index contributed by atoms with van der Waals surface area (Å²) in [4.78, 5) is 0. The highest BCUT2D eigenvalue weighted by Crippen LogP contribution is 2.44. The van der Waals surface area contributed by atoms with Crippen molar-refractivity contribution < 1.29 is 9.47 Å². The van der Waals surface area contributed by atoms with E-state index in [1.165, 1.54) is 11.1 Å². The minimum absolute atomic E-state index is 0.0278. The summed E-state index contributed by atoms with van der Waals surface area (Å²) in [5.74, 6) is 0.865. The Morgan fingerprint density at radius 3 is 2.04 bits per heavy atom. The fourth-order valence-electron chi connectivity index (χ4n) is 3.32. The molecule has 4 rings (SSSR count). The molecule has 1 unspecified atom stereocenters. The monoisotopic (exact) mass is 336 g/mol. The zero-order chi connectivity index (χ0) is 16.4. The number of thiophene rings is 1. The molecule has 1 aromatic heterocycles. The van der Waals surface area contributed by atoms with Crippen molar-refractivity contribution in [2.45, 2.75) is 31.5 Å². The highest BCUT2D eigenvalue weighted by molar-refractivity contribution is 7.12. The van der Waals surface area contributed by atoms with Gasteiger partial charge in [0.2, 0.25) is 5.06 Å². The summed E-state index contributed by atoms with van der Waals surface area (Å²) >= 11 is 1.60. The third-order valence-corrected chi connectivity index (χ3v) is 5.40. The molecule has 0 saturated heterocycles. The van der Waals surface area contributed by atoms with E-state index in [1.54, 1.807) is 11.3 Å². The molecular formula is C21H20O2S. The topological polar surface area (TPSA) is 18.5 Å². The summed E-state index contributed by atoms with van der Waals surface area (Å²) in [7, 11) is 0. The van der Waals surface area contributed by atoms with Crippen LogP contribution in [0.2, 0.25) is 0 Å². The van der Waals surface area contributed by atoms with E-state index in [4.69, 9.17) is 9.47 Å². The number of hydrogen-bond donors (Lipinski definition) is 0. The van der Waals surface area contributed by atoms with Gasteiger partial charge in [-0.1, -0.05) is 60.7 Å². The highest BCUT2D eigenvalue weighted by atomic mass is 32.1. The van der Waals surface area contributed by atoms with Gasteiger partial charge in [0, 0.05) is 12.8 Å². The third kappa shape index (κ3) is 2.92. The predicted molar refractivity (Wildman–Crippen MR) is 98.1 cm³/mol. The van der Waals surface area contributed by atoms with Crippen molar-refractivity contribution in [3.8, 4) is 10.8 Å². The third-order valence-electron chi connectivity index (χ3n) is 4.63. The SMILES string of the molecule is CC1Oc2ccsc2OC1(Cc1ccccc1)Cc1ccccc1. The van der Waals surface area contributed by atoms with Gasteiger partial charge in [-0.3, -0.25) is 0 Å². The van der Waals surface area contributed by atoms with Crippen LogP contribution in [-0.2, 0) is 12.8 Å². The molecule has 3 aromatic rings. The summed E-state index contributed by atoms with van der Waals surface area (Å²) in [6.45, 7) is 2.12. The second-order valence-corrected chi connectivity index (χ2v) is 7.20. The van der Waals surface area contributed by atoms with Crippen LogP contribution in [0.1, 0.15) is 18.1 Å². The normalized spacial score (nSPS) is 18.3. The first kappa shape index (κ1) is 15.3. The second-order valence-electron chi connectivity index (χ2n) is 6.32. The Labute approximate surface area is 146 Å². The Kier molecular flexibility index (Phi) is 4.03. The molecule has 2 nitrogen and oxygen atoms in total. The summed E-state index contributed by atoms with van der Waals surface area (Å²) < 4.78 is 12.8. The van der Waals surface area contributed by atoms with Crippen LogP contribution in [0.5, 0.6) is 10.8 Å². The van der Waals surface area contributed by atoms with Gasteiger partial charge in [0.05, 0.1) is 0 Å². The first-order valence-corrected chi connectivity index (χ1v) is 9.14. The molecule has 0 saturated carbocycles. The van der Waals surface area contributed by atoms with Gasteiger partial charge < -0.3 is 9.47 Å². The lowest BCUT2D eigenvalue weighted by Gasteiger charge is -2.42. The van der Waals surface area contributed by atoms with E-state index < -0.39 is 5.60 Å². The van der Waals surface area contributed by atoms with Crippen molar-refractivity contribution in [3.05, 3.63) is 83.2 Å². The van der Waals surface area contributed by atoms with Crippen molar-refractivity contribution in [2.24, 2.45) is 0 Å². The maximum atomic E-state index is 6.57. The molecular weight excluding hydrogens is 316 g/mol. The number of fused-ring (bicyclic) bond motifs is 1. The minimum Gasteiger partial charge on any atom is -0.482 e. The smallest absolute Gasteiger partial charge is 0.217 e. The molecule has 0 spiro atoms. The summed E-state index contributed by atoms with van der Waals surface area (Å²) in [6, 6.07) is 23.0. The van der Waals surface area contributed by atoms with Crippen LogP contribution in [0.25, 0.3) is 0 Å². The molecule has 0 fully saturated rings. The number of ether oxygens (including phenoxy) is 2. The average Bonchev–Trinajstić information content (AvgIpc) is 3.04. The summed E-state index contributed by atoms with van der Waals surface area (Å²) in [5, 5.41) is 2.92. The van der Waals surface area contributed by atoms with Crippen LogP contribution in [0, 0.1) is 0 Å². The molecule has 0 aliphatic carbocycles. The van der Waals surface area contributed by atoms with Crippen LogP contribution in [0.4, 0.5) is 0 Å².